The lowest BCUT2D eigenvalue weighted by Crippen LogP contribution is -2.57. The molecule has 0 amide bonds. The van der Waals surface area contributed by atoms with E-state index in [0.717, 1.165) is 36.1 Å². The first kappa shape index (κ1) is 18.5. The van der Waals surface area contributed by atoms with Gasteiger partial charge in [-0.05, 0) is 97.6 Å². The number of hydrogen-bond acceptors (Lipinski definition) is 4. The molecule has 4 aliphatic rings. The van der Waals surface area contributed by atoms with Crippen molar-refractivity contribution < 1.29 is 10.0 Å². The molecular formula is C24H26N2O3. The summed E-state index contributed by atoms with van der Waals surface area (Å²) in [5, 5.41) is 21.9. The van der Waals surface area contributed by atoms with Gasteiger partial charge in [0.15, 0.2) is 0 Å². The van der Waals surface area contributed by atoms with Gasteiger partial charge in [0.05, 0.1) is 16.2 Å². The Morgan fingerprint density at radius 2 is 1.79 bits per heavy atom. The fraction of sp³-hybridized carbons (Fsp3) is 0.458. The number of hydrogen-bond donors (Lipinski definition) is 1. The van der Waals surface area contributed by atoms with E-state index in [-0.39, 0.29) is 11.1 Å². The van der Waals surface area contributed by atoms with Gasteiger partial charge in [-0.15, -0.1) is 0 Å². The number of nitro groups is 1. The summed E-state index contributed by atoms with van der Waals surface area (Å²) in [6, 6.07) is 13.0. The third-order valence-electron chi connectivity index (χ3n) is 7.31. The Morgan fingerprint density at radius 1 is 1.10 bits per heavy atom. The van der Waals surface area contributed by atoms with Gasteiger partial charge in [-0.2, -0.15) is 0 Å². The molecule has 0 heterocycles. The molecule has 4 aliphatic carbocycles. The van der Waals surface area contributed by atoms with Crippen molar-refractivity contribution in [3.05, 3.63) is 69.3 Å². The Bertz CT molecular complexity index is 982. The van der Waals surface area contributed by atoms with Crippen molar-refractivity contribution in [1.82, 2.24) is 0 Å². The largest absolute Gasteiger partial charge is 0.390 e. The number of nitro benzene ring substituents is 1. The van der Waals surface area contributed by atoms with Crippen molar-refractivity contribution >= 4 is 17.6 Å². The van der Waals surface area contributed by atoms with Gasteiger partial charge in [0.25, 0.3) is 5.69 Å². The molecule has 0 radical (unpaired) electrons. The van der Waals surface area contributed by atoms with Gasteiger partial charge in [0.1, 0.15) is 0 Å². The minimum absolute atomic E-state index is 0.0834. The van der Waals surface area contributed by atoms with E-state index in [1.165, 1.54) is 37.0 Å². The van der Waals surface area contributed by atoms with E-state index < -0.39 is 10.5 Å². The van der Waals surface area contributed by atoms with Crippen molar-refractivity contribution in [2.75, 3.05) is 0 Å². The van der Waals surface area contributed by atoms with E-state index in [1.807, 2.05) is 0 Å². The van der Waals surface area contributed by atoms with Gasteiger partial charge in [-0.25, -0.2) is 0 Å². The van der Waals surface area contributed by atoms with Crippen molar-refractivity contribution in [2.45, 2.75) is 56.5 Å². The highest BCUT2D eigenvalue weighted by atomic mass is 16.6. The highest BCUT2D eigenvalue weighted by molar-refractivity contribution is 5.82. The number of rotatable bonds is 4. The van der Waals surface area contributed by atoms with Crippen LogP contribution in [-0.2, 0) is 5.41 Å². The van der Waals surface area contributed by atoms with Gasteiger partial charge in [0.2, 0.25) is 0 Å². The van der Waals surface area contributed by atoms with E-state index in [0.29, 0.717) is 11.8 Å². The molecule has 29 heavy (non-hydrogen) atoms. The maximum absolute atomic E-state index is 11.1. The van der Waals surface area contributed by atoms with Gasteiger partial charge in [-0.3, -0.25) is 15.1 Å². The lowest BCUT2D eigenvalue weighted by Gasteiger charge is -2.60. The molecule has 1 N–H and O–H groups in total. The molecule has 4 bridgehead atoms. The second-order valence-electron chi connectivity index (χ2n) is 9.57. The SMILES string of the molecule is Cc1ccc(C23C[C@H]4C[C@@H](CC(O)(C4)C2)C3)cc1N=Cc1ccc([N+](=O)[O-])cc1. The van der Waals surface area contributed by atoms with Gasteiger partial charge in [0, 0.05) is 18.3 Å². The molecule has 2 atom stereocenters. The van der Waals surface area contributed by atoms with E-state index in [9.17, 15) is 15.2 Å². The van der Waals surface area contributed by atoms with Crippen molar-refractivity contribution in [1.29, 1.82) is 0 Å². The molecule has 4 saturated carbocycles. The van der Waals surface area contributed by atoms with E-state index in [2.05, 4.69) is 25.1 Å². The van der Waals surface area contributed by atoms with Crippen LogP contribution in [0.4, 0.5) is 11.4 Å². The summed E-state index contributed by atoms with van der Waals surface area (Å²) < 4.78 is 0. The molecule has 0 aromatic heterocycles. The first-order chi connectivity index (χ1) is 13.8. The predicted molar refractivity (Wildman–Crippen MR) is 113 cm³/mol. The summed E-state index contributed by atoms with van der Waals surface area (Å²) in [7, 11) is 0. The highest BCUT2D eigenvalue weighted by Crippen LogP contribution is 2.62. The third-order valence-corrected chi connectivity index (χ3v) is 7.31. The number of nitrogens with zero attached hydrogens (tertiary/aromatic N) is 2. The Hall–Kier alpha value is -2.53. The molecular weight excluding hydrogens is 364 g/mol. The predicted octanol–water partition coefficient (Wildman–Crippen LogP) is 5.24. The maximum atomic E-state index is 11.1. The number of non-ortho nitro benzene ring substituents is 1. The number of benzene rings is 2. The van der Waals surface area contributed by atoms with Crippen LogP contribution in [0.15, 0.2) is 47.5 Å². The summed E-state index contributed by atoms with van der Waals surface area (Å²) in [5.41, 5.74) is 3.89. The second-order valence-corrected chi connectivity index (χ2v) is 9.57. The lowest BCUT2D eigenvalue weighted by molar-refractivity contribution is -0.384. The van der Waals surface area contributed by atoms with Crippen LogP contribution in [0.1, 0.15) is 55.2 Å². The van der Waals surface area contributed by atoms with Gasteiger partial charge >= 0.3 is 0 Å². The zero-order chi connectivity index (χ0) is 20.2. The van der Waals surface area contributed by atoms with Crippen LogP contribution in [0.3, 0.4) is 0 Å². The molecule has 2 aromatic rings. The Kier molecular flexibility index (Phi) is 4.14. The molecule has 150 valence electrons. The first-order valence-electron chi connectivity index (χ1n) is 10.5. The van der Waals surface area contributed by atoms with Crippen LogP contribution in [0, 0.1) is 28.9 Å². The molecule has 6 rings (SSSR count). The smallest absolute Gasteiger partial charge is 0.269 e. The number of aliphatic hydroxyl groups is 1. The Balaban J connectivity index is 1.44. The summed E-state index contributed by atoms with van der Waals surface area (Å²) in [4.78, 5) is 15.1. The lowest BCUT2D eigenvalue weighted by atomic mass is 9.46. The highest BCUT2D eigenvalue weighted by Gasteiger charge is 2.57. The quantitative estimate of drug-likeness (QED) is 0.441. The molecule has 5 heteroatoms. The minimum Gasteiger partial charge on any atom is -0.390 e. The van der Waals surface area contributed by atoms with Crippen LogP contribution >= 0.6 is 0 Å². The summed E-state index contributed by atoms with van der Waals surface area (Å²) >= 11 is 0. The zero-order valence-electron chi connectivity index (χ0n) is 16.7. The standard InChI is InChI=1S/C24H26N2O3/c1-16-2-5-20(23-10-18-8-19(11-23)13-24(27,12-18)15-23)9-22(16)25-14-17-3-6-21(7-4-17)26(28)29/h2-7,9,14,18-19,27H,8,10-13,15H2,1H3/t18-,19-,23?,24?/m1/s1. The second kappa shape index (κ2) is 6.49. The zero-order valence-corrected chi connectivity index (χ0v) is 16.7. The number of aryl methyl sites for hydroxylation is 1. The molecule has 0 aliphatic heterocycles. The Morgan fingerprint density at radius 3 is 2.41 bits per heavy atom. The van der Waals surface area contributed by atoms with E-state index in [1.54, 1.807) is 18.3 Å². The van der Waals surface area contributed by atoms with Crippen molar-refractivity contribution in [3.63, 3.8) is 0 Å². The van der Waals surface area contributed by atoms with Crippen LogP contribution < -0.4 is 0 Å². The molecule has 0 spiro atoms. The number of aliphatic imine (C=N–C) groups is 1. The first-order valence-corrected chi connectivity index (χ1v) is 10.5. The fourth-order valence-electron chi connectivity index (χ4n) is 6.46. The maximum Gasteiger partial charge on any atom is 0.269 e. The third kappa shape index (κ3) is 3.27. The van der Waals surface area contributed by atoms with Crippen LogP contribution in [0.25, 0.3) is 0 Å². The summed E-state index contributed by atoms with van der Waals surface area (Å²) in [6.45, 7) is 2.06. The van der Waals surface area contributed by atoms with E-state index >= 15 is 0 Å². The fourth-order valence-corrected chi connectivity index (χ4v) is 6.46. The van der Waals surface area contributed by atoms with Crippen LogP contribution in [-0.4, -0.2) is 21.8 Å². The molecule has 5 nitrogen and oxygen atoms in total. The van der Waals surface area contributed by atoms with Crippen LogP contribution in [0.5, 0.6) is 0 Å². The van der Waals surface area contributed by atoms with Crippen LogP contribution in [0.2, 0.25) is 0 Å². The van der Waals surface area contributed by atoms with Crippen molar-refractivity contribution in [2.24, 2.45) is 16.8 Å². The molecule has 2 aromatic carbocycles. The van der Waals surface area contributed by atoms with E-state index in [4.69, 9.17) is 4.99 Å². The molecule has 0 unspecified atom stereocenters. The Labute approximate surface area is 170 Å². The summed E-state index contributed by atoms with van der Waals surface area (Å²) in [6.07, 6.45) is 8.23. The van der Waals surface area contributed by atoms with Crippen molar-refractivity contribution in [3.8, 4) is 0 Å². The van der Waals surface area contributed by atoms with Gasteiger partial charge < -0.3 is 5.11 Å². The summed E-state index contributed by atoms with van der Waals surface area (Å²) in [5.74, 6) is 1.30. The average molecular weight is 390 g/mol. The molecule has 0 saturated heterocycles. The normalized spacial score (nSPS) is 32.8. The van der Waals surface area contributed by atoms with Gasteiger partial charge in [-0.1, -0.05) is 12.1 Å². The minimum atomic E-state index is -0.475. The average Bonchev–Trinajstić information content (AvgIpc) is 2.65. The molecule has 4 fully saturated rings. The monoisotopic (exact) mass is 390 g/mol. The topological polar surface area (TPSA) is 75.7 Å².